The van der Waals surface area contributed by atoms with Gasteiger partial charge in [-0.2, -0.15) is 0 Å². The fraction of sp³-hybridized carbons (Fsp3) is 0.882. The molecule has 1 aliphatic heterocycles. The van der Waals surface area contributed by atoms with Crippen LogP contribution >= 0.6 is 0 Å². The molecule has 1 atom stereocenters. The smallest absolute Gasteiger partial charge is 0.223 e. The third-order valence-electron chi connectivity index (χ3n) is 4.29. The highest BCUT2D eigenvalue weighted by Gasteiger charge is 2.32. The number of likely N-dealkylation sites (tertiary alicyclic amines) is 1. The van der Waals surface area contributed by atoms with Crippen molar-refractivity contribution < 1.29 is 9.59 Å². The van der Waals surface area contributed by atoms with Gasteiger partial charge in [0.15, 0.2) is 5.78 Å². The Bertz CT molecular complexity index is 301. The van der Waals surface area contributed by atoms with Gasteiger partial charge in [-0.05, 0) is 19.3 Å². The van der Waals surface area contributed by atoms with Crippen molar-refractivity contribution in [1.82, 2.24) is 4.90 Å². The lowest BCUT2D eigenvalue weighted by molar-refractivity contribution is -0.137. The van der Waals surface area contributed by atoms with E-state index in [-0.39, 0.29) is 17.7 Å². The first-order valence-electron chi connectivity index (χ1n) is 8.52. The maximum Gasteiger partial charge on any atom is 0.223 e. The summed E-state index contributed by atoms with van der Waals surface area (Å²) in [5, 5.41) is 0. The average Bonchev–Trinajstić information content (AvgIpc) is 2.94. The van der Waals surface area contributed by atoms with E-state index < -0.39 is 0 Å². The summed E-state index contributed by atoms with van der Waals surface area (Å²) < 4.78 is 0. The molecule has 0 aromatic carbocycles. The van der Waals surface area contributed by atoms with Crippen LogP contribution in [0.5, 0.6) is 0 Å². The molecule has 1 heterocycles. The quantitative estimate of drug-likeness (QED) is 0.565. The minimum absolute atomic E-state index is 0.114. The van der Waals surface area contributed by atoms with E-state index in [1.165, 1.54) is 32.1 Å². The van der Waals surface area contributed by atoms with Crippen molar-refractivity contribution >= 4 is 11.7 Å². The van der Waals surface area contributed by atoms with Crippen LogP contribution in [0.4, 0.5) is 0 Å². The van der Waals surface area contributed by atoms with Crippen LogP contribution in [-0.2, 0) is 9.59 Å². The van der Waals surface area contributed by atoms with Gasteiger partial charge in [0.25, 0.3) is 0 Å². The maximum absolute atomic E-state index is 12.2. The maximum atomic E-state index is 12.2. The number of Topliss-reactive ketones (excluding diaryl/α,β-unsaturated/α-hetero) is 1. The highest BCUT2D eigenvalue weighted by molar-refractivity contribution is 5.89. The molecule has 3 heteroatoms. The molecule has 1 saturated heterocycles. The van der Waals surface area contributed by atoms with Gasteiger partial charge in [0.05, 0.1) is 6.04 Å². The van der Waals surface area contributed by atoms with E-state index in [4.69, 9.17) is 0 Å². The molecular formula is C17H31NO2. The lowest BCUT2D eigenvalue weighted by Crippen LogP contribution is -2.40. The summed E-state index contributed by atoms with van der Waals surface area (Å²) >= 11 is 0. The molecule has 0 aromatic rings. The number of hydrogen-bond donors (Lipinski definition) is 0. The zero-order valence-corrected chi connectivity index (χ0v) is 13.3. The highest BCUT2D eigenvalue weighted by atomic mass is 16.2. The van der Waals surface area contributed by atoms with E-state index in [1.807, 2.05) is 11.8 Å². The Morgan fingerprint density at radius 1 is 1.00 bits per heavy atom. The monoisotopic (exact) mass is 281 g/mol. The molecular weight excluding hydrogens is 250 g/mol. The third kappa shape index (κ3) is 5.64. The predicted molar refractivity (Wildman–Crippen MR) is 82.6 cm³/mol. The van der Waals surface area contributed by atoms with Crippen molar-refractivity contribution in [1.29, 1.82) is 0 Å². The van der Waals surface area contributed by atoms with E-state index in [0.29, 0.717) is 12.8 Å². The molecule has 20 heavy (non-hydrogen) atoms. The summed E-state index contributed by atoms with van der Waals surface area (Å²) in [7, 11) is 0. The molecule has 1 unspecified atom stereocenters. The van der Waals surface area contributed by atoms with Gasteiger partial charge in [-0.3, -0.25) is 9.59 Å². The predicted octanol–water partition coefficient (Wildman–Crippen LogP) is 4.10. The highest BCUT2D eigenvalue weighted by Crippen LogP contribution is 2.21. The summed E-state index contributed by atoms with van der Waals surface area (Å²) in [5.74, 6) is 0.429. The third-order valence-corrected chi connectivity index (χ3v) is 4.29. The van der Waals surface area contributed by atoms with Crippen LogP contribution in [0.1, 0.15) is 84.5 Å². The Kier molecular flexibility index (Phi) is 8.56. The molecule has 0 aromatic heterocycles. The van der Waals surface area contributed by atoms with Gasteiger partial charge in [-0.15, -0.1) is 0 Å². The Balaban J connectivity index is 2.17. The minimum atomic E-state index is -0.114. The standard InChI is InChI=1S/C17H31NO2/c1-3-5-6-7-8-9-10-13-17(20)18-14-11-12-15(18)16(19)4-2/h15H,3-14H2,1-2H3. The summed E-state index contributed by atoms with van der Waals surface area (Å²) in [6.07, 6.45) is 11.6. The fourth-order valence-electron chi connectivity index (χ4n) is 3.01. The van der Waals surface area contributed by atoms with E-state index in [9.17, 15) is 9.59 Å². The lowest BCUT2D eigenvalue weighted by Gasteiger charge is -2.23. The average molecular weight is 281 g/mol. The Labute approximate surface area is 124 Å². The van der Waals surface area contributed by atoms with Crippen LogP contribution in [0.15, 0.2) is 0 Å². The Morgan fingerprint density at radius 3 is 2.30 bits per heavy atom. The topological polar surface area (TPSA) is 37.4 Å². The molecule has 1 amide bonds. The van der Waals surface area contributed by atoms with Gasteiger partial charge >= 0.3 is 0 Å². The molecule has 3 nitrogen and oxygen atoms in total. The summed E-state index contributed by atoms with van der Waals surface area (Å²) in [5.41, 5.74) is 0. The molecule has 0 spiro atoms. The molecule has 1 rings (SSSR count). The Morgan fingerprint density at radius 2 is 1.65 bits per heavy atom. The summed E-state index contributed by atoms with van der Waals surface area (Å²) in [6, 6.07) is -0.114. The first kappa shape index (κ1) is 17.2. The molecule has 0 aliphatic carbocycles. The van der Waals surface area contributed by atoms with Crippen molar-refractivity contribution in [3.8, 4) is 0 Å². The van der Waals surface area contributed by atoms with Crippen molar-refractivity contribution in [3.05, 3.63) is 0 Å². The molecule has 1 fully saturated rings. The van der Waals surface area contributed by atoms with Gasteiger partial charge < -0.3 is 4.90 Å². The first-order chi connectivity index (χ1) is 9.70. The Hall–Kier alpha value is -0.860. The minimum Gasteiger partial charge on any atom is -0.333 e. The van der Waals surface area contributed by atoms with E-state index in [2.05, 4.69) is 6.92 Å². The number of ketones is 1. The van der Waals surface area contributed by atoms with Crippen LogP contribution < -0.4 is 0 Å². The largest absolute Gasteiger partial charge is 0.333 e. The van der Waals surface area contributed by atoms with Crippen molar-refractivity contribution in [2.45, 2.75) is 90.5 Å². The van der Waals surface area contributed by atoms with Crippen LogP contribution in [0, 0.1) is 0 Å². The normalized spacial score (nSPS) is 18.5. The second-order valence-corrected chi connectivity index (χ2v) is 5.94. The molecule has 0 radical (unpaired) electrons. The summed E-state index contributed by atoms with van der Waals surface area (Å²) in [4.78, 5) is 25.8. The van der Waals surface area contributed by atoms with Crippen molar-refractivity contribution in [3.63, 3.8) is 0 Å². The molecule has 0 N–H and O–H groups in total. The van der Waals surface area contributed by atoms with E-state index in [1.54, 1.807) is 0 Å². The van der Waals surface area contributed by atoms with Gasteiger partial charge in [0, 0.05) is 19.4 Å². The van der Waals surface area contributed by atoms with Crippen LogP contribution in [0.3, 0.4) is 0 Å². The number of unbranched alkanes of at least 4 members (excludes halogenated alkanes) is 6. The first-order valence-corrected chi connectivity index (χ1v) is 8.52. The van der Waals surface area contributed by atoms with E-state index in [0.717, 1.165) is 32.2 Å². The second kappa shape index (κ2) is 9.95. The molecule has 1 aliphatic rings. The van der Waals surface area contributed by atoms with Gasteiger partial charge in [-0.25, -0.2) is 0 Å². The molecule has 116 valence electrons. The van der Waals surface area contributed by atoms with Crippen molar-refractivity contribution in [2.24, 2.45) is 0 Å². The van der Waals surface area contributed by atoms with Gasteiger partial charge in [0.2, 0.25) is 5.91 Å². The van der Waals surface area contributed by atoms with Crippen LogP contribution in [-0.4, -0.2) is 29.2 Å². The number of carbonyl (C=O) groups excluding carboxylic acids is 2. The number of nitrogens with zero attached hydrogens (tertiary/aromatic N) is 1. The van der Waals surface area contributed by atoms with Crippen LogP contribution in [0.25, 0.3) is 0 Å². The van der Waals surface area contributed by atoms with Gasteiger partial charge in [0.1, 0.15) is 0 Å². The van der Waals surface area contributed by atoms with E-state index >= 15 is 0 Å². The number of carbonyl (C=O) groups is 2. The SMILES string of the molecule is CCCCCCCCCC(=O)N1CCCC1C(=O)CC. The summed E-state index contributed by atoms with van der Waals surface area (Å²) in [6.45, 7) is 4.90. The molecule has 0 saturated carbocycles. The zero-order chi connectivity index (χ0) is 14.8. The molecule has 0 bridgehead atoms. The van der Waals surface area contributed by atoms with Crippen LogP contribution in [0.2, 0.25) is 0 Å². The fourth-order valence-corrected chi connectivity index (χ4v) is 3.01. The van der Waals surface area contributed by atoms with Crippen molar-refractivity contribution in [2.75, 3.05) is 6.54 Å². The number of rotatable bonds is 10. The zero-order valence-electron chi connectivity index (χ0n) is 13.3. The number of hydrogen-bond acceptors (Lipinski definition) is 2. The van der Waals surface area contributed by atoms with Gasteiger partial charge in [-0.1, -0.05) is 52.4 Å². The second-order valence-electron chi connectivity index (χ2n) is 5.94. The lowest BCUT2D eigenvalue weighted by atomic mass is 10.1. The number of amides is 1.